The van der Waals surface area contributed by atoms with Gasteiger partial charge in [-0.2, -0.15) is 0 Å². The van der Waals surface area contributed by atoms with E-state index >= 15 is 0 Å². The molecule has 0 radical (unpaired) electrons. The monoisotopic (exact) mass is 239 g/mol. The molecule has 0 aliphatic carbocycles. The van der Waals surface area contributed by atoms with Crippen molar-refractivity contribution in [1.29, 1.82) is 0 Å². The SMILES string of the molecule is COc1ccc(F)c(NCC2CCOCC2)c1. The fourth-order valence-corrected chi connectivity index (χ4v) is 1.97. The molecule has 94 valence electrons. The van der Waals surface area contributed by atoms with Gasteiger partial charge in [-0.15, -0.1) is 0 Å². The lowest BCUT2D eigenvalue weighted by atomic mass is 10.0. The summed E-state index contributed by atoms with van der Waals surface area (Å²) in [5.74, 6) is 0.994. The molecule has 0 amide bonds. The zero-order valence-electron chi connectivity index (χ0n) is 10.0. The van der Waals surface area contributed by atoms with E-state index < -0.39 is 0 Å². The standard InChI is InChI=1S/C13H18FNO2/c1-16-11-2-3-12(14)13(8-11)15-9-10-4-6-17-7-5-10/h2-3,8,10,15H,4-7,9H2,1H3. The molecule has 1 N–H and O–H groups in total. The second kappa shape index (κ2) is 5.87. The van der Waals surface area contributed by atoms with Crippen LogP contribution in [-0.2, 0) is 4.74 Å². The van der Waals surface area contributed by atoms with Crippen molar-refractivity contribution < 1.29 is 13.9 Å². The van der Waals surface area contributed by atoms with Crippen LogP contribution in [0.15, 0.2) is 18.2 Å². The Morgan fingerprint density at radius 3 is 2.88 bits per heavy atom. The van der Waals surface area contributed by atoms with Gasteiger partial charge < -0.3 is 14.8 Å². The van der Waals surface area contributed by atoms with Gasteiger partial charge >= 0.3 is 0 Å². The molecule has 0 unspecified atom stereocenters. The predicted octanol–water partition coefficient (Wildman–Crippen LogP) is 2.67. The predicted molar refractivity (Wildman–Crippen MR) is 65.0 cm³/mol. The lowest BCUT2D eigenvalue weighted by Gasteiger charge is -2.22. The number of halogens is 1. The zero-order chi connectivity index (χ0) is 12.1. The summed E-state index contributed by atoms with van der Waals surface area (Å²) in [6.45, 7) is 2.41. The minimum Gasteiger partial charge on any atom is -0.497 e. The van der Waals surface area contributed by atoms with Crippen LogP contribution >= 0.6 is 0 Å². The summed E-state index contributed by atoms with van der Waals surface area (Å²) in [5.41, 5.74) is 0.510. The highest BCUT2D eigenvalue weighted by Gasteiger charge is 2.14. The first-order valence-corrected chi connectivity index (χ1v) is 5.95. The molecule has 0 saturated carbocycles. The van der Waals surface area contributed by atoms with Crippen molar-refractivity contribution in [2.24, 2.45) is 5.92 Å². The Kier molecular flexibility index (Phi) is 4.20. The summed E-state index contributed by atoms with van der Waals surface area (Å²) >= 11 is 0. The molecule has 0 atom stereocenters. The van der Waals surface area contributed by atoms with E-state index in [0.29, 0.717) is 17.4 Å². The van der Waals surface area contributed by atoms with Gasteiger partial charge in [0.2, 0.25) is 0 Å². The molecule has 2 rings (SSSR count). The van der Waals surface area contributed by atoms with Crippen molar-refractivity contribution in [3.8, 4) is 5.75 Å². The summed E-state index contributed by atoms with van der Waals surface area (Å²) < 4.78 is 23.9. The molecule has 1 aromatic rings. The molecule has 1 heterocycles. The highest BCUT2D eigenvalue weighted by molar-refractivity contribution is 5.49. The van der Waals surface area contributed by atoms with Gasteiger partial charge in [-0.1, -0.05) is 0 Å². The zero-order valence-corrected chi connectivity index (χ0v) is 10.0. The van der Waals surface area contributed by atoms with E-state index in [9.17, 15) is 4.39 Å². The van der Waals surface area contributed by atoms with Crippen LogP contribution in [0.3, 0.4) is 0 Å². The first-order valence-electron chi connectivity index (χ1n) is 5.95. The molecule has 17 heavy (non-hydrogen) atoms. The van der Waals surface area contributed by atoms with Crippen LogP contribution in [0.1, 0.15) is 12.8 Å². The van der Waals surface area contributed by atoms with Gasteiger partial charge in [-0.25, -0.2) is 4.39 Å². The van der Waals surface area contributed by atoms with Gasteiger partial charge in [0.1, 0.15) is 11.6 Å². The van der Waals surface area contributed by atoms with Crippen LogP contribution in [0.5, 0.6) is 5.75 Å². The number of hydrogen-bond acceptors (Lipinski definition) is 3. The van der Waals surface area contributed by atoms with Gasteiger partial charge in [0.25, 0.3) is 0 Å². The van der Waals surface area contributed by atoms with E-state index in [1.54, 1.807) is 19.2 Å². The molecule has 1 aliphatic heterocycles. The second-order valence-corrected chi connectivity index (χ2v) is 4.28. The Hall–Kier alpha value is -1.29. The number of anilines is 1. The third kappa shape index (κ3) is 3.33. The van der Waals surface area contributed by atoms with Crippen LogP contribution in [0.4, 0.5) is 10.1 Å². The van der Waals surface area contributed by atoms with Crippen LogP contribution < -0.4 is 10.1 Å². The van der Waals surface area contributed by atoms with Crippen molar-refractivity contribution in [3.63, 3.8) is 0 Å². The Balaban J connectivity index is 1.92. The van der Waals surface area contributed by atoms with Crippen molar-refractivity contribution >= 4 is 5.69 Å². The molecule has 1 fully saturated rings. The molecule has 0 aromatic heterocycles. The lowest BCUT2D eigenvalue weighted by Crippen LogP contribution is -2.22. The first kappa shape index (κ1) is 12.2. The average Bonchev–Trinajstić information content (AvgIpc) is 2.39. The third-order valence-corrected chi connectivity index (χ3v) is 3.10. The maximum absolute atomic E-state index is 13.5. The van der Waals surface area contributed by atoms with Crippen molar-refractivity contribution in [2.45, 2.75) is 12.8 Å². The Morgan fingerprint density at radius 1 is 1.41 bits per heavy atom. The average molecular weight is 239 g/mol. The number of benzene rings is 1. The molecular weight excluding hydrogens is 221 g/mol. The third-order valence-electron chi connectivity index (χ3n) is 3.10. The molecule has 1 saturated heterocycles. The molecule has 4 heteroatoms. The fourth-order valence-electron chi connectivity index (χ4n) is 1.97. The largest absolute Gasteiger partial charge is 0.497 e. The van der Waals surface area contributed by atoms with E-state index in [4.69, 9.17) is 9.47 Å². The van der Waals surface area contributed by atoms with E-state index in [-0.39, 0.29) is 5.82 Å². The smallest absolute Gasteiger partial charge is 0.146 e. The van der Waals surface area contributed by atoms with Gasteiger partial charge in [0.05, 0.1) is 12.8 Å². The molecule has 3 nitrogen and oxygen atoms in total. The maximum atomic E-state index is 13.5. The first-order chi connectivity index (χ1) is 8.29. The lowest BCUT2D eigenvalue weighted by molar-refractivity contribution is 0.0699. The number of methoxy groups -OCH3 is 1. The summed E-state index contributed by atoms with van der Waals surface area (Å²) in [4.78, 5) is 0. The van der Waals surface area contributed by atoms with Crippen LogP contribution in [0.25, 0.3) is 0 Å². The summed E-state index contributed by atoms with van der Waals surface area (Å²) in [6, 6.07) is 4.73. The Bertz CT molecular complexity index is 364. The quantitative estimate of drug-likeness (QED) is 0.876. The Morgan fingerprint density at radius 2 is 2.18 bits per heavy atom. The Labute approximate surface area is 101 Å². The van der Waals surface area contributed by atoms with Gasteiger partial charge in [-0.3, -0.25) is 0 Å². The minimum absolute atomic E-state index is 0.238. The number of ether oxygens (including phenoxy) is 2. The van der Waals surface area contributed by atoms with E-state index in [1.165, 1.54) is 6.07 Å². The highest BCUT2D eigenvalue weighted by Crippen LogP contribution is 2.22. The van der Waals surface area contributed by atoms with E-state index in [0.717, 1.165) is 32.6 Å². The van der Waals surface area contributed by atoms with Crippen LogP contribution in [0, 0.1) is 11.7 Å². The van der Waals surface area contributed by atoms with Gasteiger partial charge in [0.15, 0.2) is 0 Å². The topological polar surface area (TPSA) is 30.5 Å². The molecule has 1 aromatic carbocycles. The number of rotatable bonds is 4. The molecule has 0 spiro atoms. The fraction of sp³-hybridized carbons (Fsp3) is 0.538. The normalized spacial score (nSPS) is 16.8. The number of hydrogen-bond donors (Lipinski definition) is 1. The van der Waals surface area contributed by atoms with Crippen molar-refractivity contribution in [1.82, 2.24) is 0 Å². The molecular formula is C13H18FNO2. The maximum Gasteiger partial charge on any atom is 0.146 e. The van der Waals surface area contributed by atoms with Crippen LogP contribution in [0.2, 0.25) is 0 Å². The van der Waals surface area contributed by atoms with Crippen molar-refractivity contribution in [2.75, 3.05) is 32.2 Å². The van der Waals surface area contributed by atoms with E-state index in [2.05, 4.69) is 5.32 Å². The van der Waals surface area contributed by atoms with Gasteiger partial charge in [-0.05, 0) is 30.9 Å². The highest BCUT2D eigenvalue weighted by atomic mass is 19.1. The summed E-state index contributed by atoms with van der Waals surface area (Å²) in [6.07, 6.45) is 2.08. The second-order valence-electron chi connectivity index (χ2n) is 4.28. The number of nitrogens with one attached hydrogen (secondary N) is 1. The summed E-state index contributed by atoms with van der Waals surface area (Å²) in [5, 5.41) is 3.15. The minimum atomic E-state index is -0.238. The van der Waals surface area contributed by atoms with Gasteiger partial charge in [0, 0.05) is 25.8 Å². The van der Waals surface area contributed by atoms with E-state index in [1.807, 2.05) is 0 Å². The van der Waals surface area contributed by atoms with Crippen molar-refractivity contribution in [3.05, 3.63) is 24.0 Å². The molecule has 1 aliphatic rings. The summed E-state index contributed by atoms with van der Waals surface area (Å²) in [7, 11) is 1.58. The van der Waals surface area contributed by atoms with Crippen LogP contribution in [-0.4, -0.2) is 26.9 Å². The molecule has 0 bridgehead atoms.